The van der Waals surface area contributed by atoms with Crippen LogP contribution in [-0.4, -0.2) is 34.2 Å². The summed E-state index contributed by atoms with van der Waals surface area (Å²) in [6, 6.07) is 0. The number of fused-ring (bicyclic) bond motifs is 2. The van der Waals surface area contributed by atoms with E-state index in [1.807, 2.05) is 0 Å². The fourth-order valence-corrected chi connectivity index (χ4v) is 4.27. The summed E-state index contributed by atoms with van der Waals surface area (Å²) >= 11 is 1.41. The summed E-state index contributed by atoms with van der Waals surface area (Å²) in [5, 5.41) is 8.76. The van der Waals surface area contributed by atoms with Gasteiger partial charge in [-0.25, -0.2) is 0 Å². The van der Waals surface area contributed by atoms with Crippen molar-refractivity contribution in [3.8, 4) is 0 Å². The van der Waals surface area contributed by atoms with Crippen LogP contribution in [0.25, 0.3) is 0 Å². The Balaban J connectivity index is 1.76. The summed E-state index contributed by atoms with van der Waals surface area (Å²) < 4.78 is 6.00. The van der Waals surface area contributed by atoms with Gasteiger partial charge in [-0.2, -0.15) is 0 Å². The largest absolute Gasteiger partial charge is 0.481 e. The van der Waals surface area contributed by atoms with Gasteiger partial charge in [0.2, 0.25) is 0 Å². The first kappa shape index (κ1) is 16.6. The lowest BCUT2D eigenvalue weighted by atomic mass is 9.78. The smallest absolute Gasteiger partial charge is 0.303 e. The molecular formula is C16H24O4S. The maximum atomic E-state index is 11.2. The molecule has 4 nitrogen and oxygen atoms in total. The highest BCUT2D eigenvalue weighted by Gasteiger charge is 2.47. The lowest BCUT2D eigenvalue weighted by molar-refractivity contribution is -0.137. The maximum absolute atomic E-state index is 11.2. The van der Waals surface area contributed by atoms with Gasteiger partial charge in [-0.15, -0.1) is 0 Å². The number of hydrogen-bond acceptors (Lipinski definition) is 4. The van der Waals surface area contributed by atoms with Crippen molar-refractivity contribution >= 4 is 22.8 Å². The molecule has 0 spiro atoms. The van der Waals surface area contributed by atoms with Crippen LogP contribution in [0.4, 0.5) is 0 Å². The van der Waals surface area contributed by atoms with Gasteiger partial charge in [0.25, 0.3) is 0 Å². The topological polar surface area (TPSA) is 63.6 Å². The van der Waals surface area contributed by atoms with Crippen LogP contribution in [0.15, 0.2) is 12.2 Å². The molecule has 5 heteroatoms. The van der Waals surface area contributed by atoms with Crippen molar-refractivity contribution in [1.82, 2.24) is 0 Å². The Kier molecular flexibility index (Phi) is 6.30. The van der Waals surface area contributed by atoms with Gasteiger partial charge in [0.15, 0.2) is 5.12 Å². The minimum atomic E-state index is -0.730. The Morgan fingerprint density at radius 3 is 2.62 bits per heavy atom. The Morgan fingerprint density at radius 1 is 1.24 bits per heavy atom. The van der Waals surface area contributed by atoms with Crippen LogP contribution in [0.2, 0.25) is 0 Å². The molecule has 2 fully saturated rings. The Morgan fingerprint density at radius 2 is 1.95 bits per heavy atom. The average Bonchev–Trinajstić information content (AvgIpc) is 3.01. The highest BCUT2D eigenvalue weighted by molar-refractivity contribution is 8.13. The molecule has 2 bridgehead atoms. The molecule has 2 rings (SSSR count). The van der Waals surface area contributed by atoms with Gasteiger partial charge in [0.05, 0.1) is 12.2 Å². The minimum absolute atomic E-state index is 0.181. The quantitative estimate of drug-likeness (QED) is 0.550. The zero-order valence-electron chi connectivity index (χ0n) is 12.5. The molecule has 0 aromatic carbocycles. The standard InChI is InChI=1S/C16H24O4S/c1-11(17)21-10-13-12(14-8-9-15(13)20-14)6-4-2-3-5-7-16(18)19/h2,4,12-15H,3,5-10H2,1H3,(H,18,19)/t12-,13+,14-,15+/m1/s1. The number of carboxylic acids is 1. The SMILES string of the molecule is CC(=O)SC[C@H]1[C@@H](CC=CCCCC(=O)O)[C@H]2CC[C@@H]1O2. The fourth-order valence-electron chi connectivity index (χ4n) is 3.38. The van der Waals surface area contributed by atoms with Crippen LogP contribution in [-0.2, 0) is 14.3 Å². The van der Waals surface area contributed by atoms with Crippen LogP contribution < -0.4 is 0 Å². The van der Waals surface area contributed by atoms with E-state index in [0.29, 0.717) is 30.5 Å². The normalized spacial score (nSPS) is 31.1. The lowest BCUT2D eigenvalue weighted by Crippen LogP contribution is -2.28. The highest BCUT2D eigenvalue weighted by Crippen LogP contribution is 2.46. The van der Waals surface area contributed by atoms with Crippen LogP contribution in [0.3, 0.4) is 0 Å². The molecule has 0 radical (unpaired) electrons. The molecule has 0 aliphatic carbocycles. The number of rotatable bonds is 8. The van der Waals surface area contributed by atoms with E-state index in [2.05, 4.69) is 12.2 Å². The van der Waals surface area contributed by atoms with Gasteiger partial charge in [-0.05, 0) is 38.0 Å². The van der Waals surface area contributed by atoms with Gasteiger partial charge in [-0.3, -0.25) is 9.59 Å². The highest BCUT2D eigenvalue weighted by atomic mass is 32.2. The van der Waals surface area contributed by atoms with Crippen molar-refractivity contribution in [2.45, 2.75) is 57.7 Å². The minimum Gasteiger partial charge on any atom is -0.481 e. The van der Waals surface area contributed by atoms with E-state index in [4.69, 9.17) is 9.84 Å². The van der Waals surface area contributed by atoms with Gasteiger partial charge in [0.1, 0.15) is 0 Å². The first-order valence-electron chi connectivity index (χ1n) is 7.73. The van der Waals surface area contributed by atoms with Crippen molar-refractivity contribution in [3.05, 3.63) is 12.2 Å². The van der Waals surface area contributed by atoms with Crippen molar-refractivity contribution in [1.29, 1.82) is 0 Å². The number of unbranched alkanes of at least 4 members (excludes halogenated alkanes) is 1. The first-order chi connectivity index (χ1) is 10.1. The zero-order valence-corrected chi connectivity index (χ0v) is 13.3. The molecule has 0 saturated carbocycles. The summed E-state index contributed by atoms with van der Waals surface area (Å²) in [5.41, 5.74) is 0. The average molecular weight is 312 g/mol. The molecular weight excluding hydrogens is 288 g/mol. The predicted octanol–water partition coefficient (Wildman–Crippen LogP) is 3.26. The number of carbonyl (C=O) groups is 2. The van der Waals surface area contributed by atoms with Gasteiger partial charge in [0, 0.05) is 25.0 Å². The van der Waals surface area contributed by atoms with Crippen LogP contribution in [0.1, 0.15) is 45.4 Å². The zero-order chi connectivity index (χ0) is 15.2. The molecule has 2 aliphatic heterocycles. The predicted molar refractivity (Wildman–Crippen MR) is 83.3 cm³/mol. The third-order valence-corrected chi connectivity index (χ3v) is 5.36. The number of carboxylic acid groups (broad SMARTS) is 1. The summed E-state index contributed by atoms with van der Waals surface area (Å²) in [4.78, 5) is 21.6. The molecule has 0 aromatic rings. The van der Waals surface area contributed by atoms with E-state index in [-0.39, 0.29) is 11.5 Å². The van der Waals surface area contributed by atoms with Crippen molar-refractivity contribution in [2.75, 3.05) is 5.75 Å². The van der Waals surface area contributed by atoms with Gasteiger partial charge < -0.3 is 9.84 Å². The molecule has 1 N–H and O–H groups in total. The van der Waals surface area contributed by atoms with E-state index in [0.717, 1.165) is 31.4 Å². The van der Waals surface area contributed by atoms with Crippen LogP contribution in [0.5, 0.6) is 0 Å². The second-order valence-corrected chi connectivity index (χ2v) is 7.11. The van der Waals surface area contributed by atoms with Crippen molar-refractivity contribution < 1.29 is 19.4 Å². The Hall–Kier alpha value is -0.810. The van der Waals surface area contributed by atoms with Crippen LogP contribution >= 0.6 is 11.8 Å². The molecule has 4 atom stereocenters. The first-order valence-corrected chi connectivity index (χ1v) is 8.72. The van der Waals surface area contributed by atoms with E-state index in [9.17, 15) is 9.59 Å². The molecule has 118 valence electrons. The number of ether oxygens (including phenoxy) is 1. The number of aliphatic carboxylic acids is 1. The third kappa shape index (κ3) is 4.85. The summed E-state index contributed by atoms with van der Waals surface area (Å²) in [7, 11) is 0. The maximum Gasteiger partial charge on any atom is 0.303 e. The summed E-state index contributed by atoms with van der Waals surface area (Å²) in [6.45, 7) is 1.62. The van der Waals surface area contributed by atoms with Gasteiger partial charge >= 0.3 is 5.97 Å². The second kappa shape index (κ2) is 7.99. The molecule has 2 heterocycles. The molecule has 2 saturated heterocycles. The fraction of sp³-hybridized carbons (Fsp3) is 0.750. The van der Waals surface area contributed by atoms with Crippen molar-refractivity contribution in [2.24, 2.45) is 11.8 Å². The lowest BCUT2D eigenvalue weighted by Gasteiger charge is -2.26. The molecule has 21 heavy (non-hydrogen) atoms. The van der Waals surface area contributed by atoms with E-state index in [1.165, 1.54) is 11.8 Å². The number of thioether (sulfide) groups is 1. The second-order valence-electron chi connectivity index (χ2n) is 5.91. The summed E-state index contributed by atoms with van der Waals surface area (Å²) in [5.74, 6) is 1.15. The van der Waals surface area contributed by atoms with E-state index in [1.54, 1.807) is 6.92 Å². The molecule has 0 unspecified atom stereocenters. The Bertz CT molecular complexity index is 407. The molecule has 2 aliphatic rings. The number of carbonyl (C=O) groups excluding carboxylic acids is 1. The molecule has 0 amide bonds. The monoisotopic (exact) mass is 312 g/mol. The Labute approximate surface area is 130 Å². The number of hydrogen-bond donors (Lipinski definition) is 1. The van der Waals surface area contributed by atoms with Gasteiger partial charge in [-0.1, -0.05) is 23.9 Å². The van der Waals surface area contributed by atoms with E-state index >= 15 is 0 Å². The van der Waals surface area contributed by atoms with Crippen LogP contribution in [0, 0.1) is 11.8 Å². The molecule has 0 aromatic heterocycles. The number of allylic oxidation sites excluding steroid dienone is 2. The third-order valence-electron chi connectivity index (χ3n) is 4.41. The summed E-state index contributed by atoms with van der Waals surface area (Å²) in [6.07, 6.45) is 9.96. The van der Waals surface area contributed by atoms with Crippen molar-refractivity contribution in [3.63, 3.8) is 0 Å². The van der Waals surface area contributed by atoms with E-state index < -0.39 is 5.97 Å².